The predicted molar refractivity (Wildman–Crippen MR) is 77.9 cm³/mol. The Bertz CT molecular complexity index is 808. The summed E-state index contributed by atoms with van der Waals surface area (Å²) in [6.45, 7) is 1.59. The zero-order valence-electron chi connectivity index (χ0n) is 10.8. The van der Waals surface area contributed by atoms with Crippen LogP contribution in [0.1, 0.15) is 5.69 Å². The molecule has 21 heavy (non-hydrogen) atoms. The first-order valence-electron chi connectivity index (χ1n) is 5.70. The summed E-state index contributed by atoms with van der Waals surface area (Å²) < 4.78 is 26.8. The second-order valence-corrected chi connectivity index (χ2v) is 6.20. The van der Waals surface area contributed by atoms with Gasteiger partial charge in [-0.2, -0.15) is 0 Å². The minimum atomic E-state index is -3.94. The van der Waals surface area contributed by atoms with E-state index >= 15 is 0 Å². The van der Waals surface area contributed by atoms with Gasteiger partial charge in [0.15, 0.2) is 0 Å². The number of anilines is 1. The number of non-ortho nitro benzene ring substituents is 1. The van der Waals surface area contributed by atoms with Gasteiger partial charge in [0.1, 0.15) is 5.15 Å². The van der Waals surface area contributed by atoms with Crippen molar-refractivity contribution in [3.05, 3.63) is 57.4 Å². The molecule has 9 heteroatoms. The molecule has 0 aliphatic carbocycles. The maximum absolute atomic E-state index is 12.2. The molecule has 0 spiro atoms. The highest BCUT2D eigenvalue weighted by atomic mass is 35.5. The number of rotatable bonds is 4. The van der Waals surface area contributed by atoms with Crippen molar-refractivity contribution >= 4 is 33.0 Å². The SMILES string of the molecule is Cc1nc(Cl)ccc1NS(=O)(=O)c1cccc([N+](=O)[O-])c1. The van der Waals surface area contributed by atoms with E-state index in [0.717, 1.165) is 6.07 Å². The van der Waals surface area contributed by atoms with E-state index in [1.54, 1.807) is 6.92 Å². The van der Waals surface area contributed by atoms with E-state index in [1.807, 2.05) is 0 Å². The number of benzene rings is 1. The highest BCUT2D eigenvalue weighted by molar-refractivity contribution is 7.92. The van der Waals surface area contributed by atoms with Crippen LogP contribution in [0, 0.1) is 17.0 Å². The molecule has 0 aliphatic rings. The van der Waals surface area contributed by atoms with E-state index in [-0.39, 0.29) is 21.4 Å². The number of nitrogens with zero attached hydrogens (tertiary/aromatic N) is 2. The number of nitro groups is 1. The average molecular weight is 328 g/mol. The van der Waals surface area contributed by atoms with Gasteiger partial charge in [0.25, 0.3) is 15.7 Å². The van der Waals surface area contributed by atoms with Crippen LogP contribution in [0.2, 0.25) is 5.15 Å². The van der Waals surface area contributed by atoms with Gasteiger partial charge >= 0.3 is 0 Å². The molecule has 1 N–H and O–H groups in total. The summed E-state index contributed by atoms with van der Waals surface area (Å²) in [5.74, 6) is 0. The van der Waals surface area contributed by atoms with Gasteiger partial charge in [-0.25, -0.2) is 13.4 Å². The number of hydrogen-bond acceptors (Lipinski definition) is 5. The lowest BCUT2D eigenvalue weighted by Crippen LogP contribution is -2.14. The van der Waals surface area contributed by atoms with Gasteiger partial charge in [-0.15, -0.1) is 0 Å². The summed E-state index contributed by atoms with van der Waals surface area (Å²) >= 11 is 5.70. The number of nitro benzene ring substituents is 1. The fourth-order valence-corrected chi connectivity index (χ4v) is 2.95. The number of aromatic nitrogens is 1. The molecule has 0 atom stereocenters. The van der Waals surface area contributed by atoms with E-state index in [9.17, 15) is 18.5 Å². The van der Waals surface area contributed by atoms with E-state index in [2.05, 4.69) is 9.71 Å². The largest absolute Gasteiger partial charge is 0.278 e. The van der Waals surface area contributed by atoms with Crippen molar-refractivity contribution in [2.75, 3.05) is 4.72 Å². The number of aryl methyl sites for hydroxylation is 1. The first-order valence-corrected chi connectivity index (χ1v) is 7.56. The monoisotopic (exact) mass is 327 g/mol. The van der Waals surface area contributed by atoms with Crippen molar-refractivity contribution in [1.82, 2.24) is 4.98 Å². The average Bonchev–Trinajstić information content (AvgIpc) is 2.42. The summed E-state index contributed by atoms with van der Waals surface area (Å²) in [4.78, 5) is 13.8. The molecule has 1 aromatic heterocycles. The molecule has 0 unspecified atom stereocenters. The molecule has 7 nitrogen and oxygen atoms in total. The molecule has 0 amide bonds. The molecule has 0 aliphatic heterocycles. The minimum Gasteiger partial charge on any atom is -0.278 e. The lowest BCUT2D eigenvalue weighted by molar-refractivity contribution is -0.385. The highest BCUT2D eigenvalue weighted by Gasteiger charge is 2.18. The van der Waals surface area contributed by atoms with Gasteiger partial charge in [-0.05, 0) is 25.1 Å². The Labute approximate surface area is 125 Å². The van der Waals surface area contributed by atoms with E-state index in [4.69, 9.17) is 11.6 Å². The molecule has 2 aromatic rings. The van der Waals surface area contributed by atoms with Crippen molar-refractivity contribution in [2.24, 2.45) is 0 Å². The summed E-state index contributed by atoms with van der Waals surface area (Å²) in [5.41, 5.74) is 0.353. The standard InChI is InChI=1S/C12H10ClN3O4S/c1-8-11(5-6-12(13)14-8)15-21(19,20)10-4-2-3-9(7-10)16(17)18/h2-7,15H,1H3. The Morgan fingerprint density at radius 1 is 1.29 bits per heavy atom. The second kappa shape index (κ2) is 5.66. The number of halogens is 1. The molecule has 0 radical (unpaired) electrons. The predicted octanol–water partition coefficient (Wildman–Crippen LogP) is 2.75. The Morgan fingerprint density at radius 3 is 2.62 bits per heavy atom. The molecule has 110 valence electrons. The number of hydrogen-bond donors (Lipinski definition) is 1. The first-order chi connectivity index (χ1) is 9.79. The lowest BCUT2D eigenvalue weighted by atomic mass is 10.3. The normalized spacial score (nSPS) is 11.1. The van der Waals surface area contributed by atoms with Gasteiger partial charge in [0.05, 0.1) is 21.2 Å². The maximum Gasteiger partial charge on any atom is 0.270 e. The summed E-state index contributed by atoms with van der Waals surface area (Å²) in [5, 5.41) is 10.9. The van der Waals surface area contributed by atoms with Crippen LogP contribution in [0.4, 0.5) is 11.4 Å². The van der Waals surface area contributed by atoms with Crippen molar-refractivity contribution in [2.45, 2.75) is 11.8 Å². The van der Waals surface area contributed by atoms with E-state index in [1.165, 1.54) is 30.3 Å². The molecule has 0 fully saturated rings. The van der Waals surface area contributed by atoms with E-state index < -0.39 is 14.9 Å². The fourth-order valence-electron chi connectivity index (χ4n) is 1.61. The smallest absolute Gasteiger partial charge is 0.270 e. The zero-order chi connectivity index (χ0) is 15.6. The zero-order valence-corrected chi connectivity index (χ0v) is 12.4. The highest BCUT2D eigenvalue weighted by Crippen LogP contribution is 2.22. The van der Waals surface area contributed by atoms with Crippen molar-refractivity contribution in [1.29, 1.82) is 0 Å². The van der Waals surface area contributed by atoms with Gasteiger partial charge in [0, 0.05) is 12.1 Å². The van der Waals surface area contributed by atoms with Crippen LogP contribution in [0.25, 0.3) is 0 Å². The van der Waals surface area contributed by atoms with Gasteiger partial charge in [-0.1, -0.05) is 17.7 Å². The molecule has 0 saturated heterocycles. The fraction of sp³-hybridized carbons (Fsp3) is 0.0833. The van der Waals surface area contributed by atoms with Crippen molar-refractivity contribution in [3.8, 4) is 0 Å². The first kappa shape index (κ1) is 15.2. The third kappa shape index (κ3) is 3.47. The Morgan fingerprint density at radius 2 is 2.00 bits per heavy atom. The number of nitrogens with one attached hydrogen (secondary N) is 1. The van der Waals surface area contributed by atoms with Crippen molar-refractivity contribution in [3.63, 3.8) is 0 Å². The van der Waals surface area contributed by atoms with Crippen LogP contribution in [-0.2, 0) is 10.0 Å². The number of pyridine rings is 1. The van der Waals surface area contributed by atoms with Gasteiger partial charge in [-0.3, -0.25) is 14.8 Å². The summed E-state index contributed by atoms with van der Waals surface area (Å²) in [6.07, 6.45) is 0. The topological polar surface area (TPSA) is 102 Å². The Balaban J connectivity index is 2.38. The quantitative estimate of drug-likeness (QED) is 0.528. The maximum atomic E-state index is 12.2. The van der Waals surface area contributed by atoms with Crippen LogP contribution in [0.3, 0.4) is 0 Å². The van der Waals surface area contributed by atoms with Crippen LogP contribution in [0.5, 0.6) is 0 Å². The molecule has 0 bridgehead atoms. The Kier molecular flexibility index (Phi) is 4.10. The van der Waals surface area contributed by atoms with Crippen LogP contribution in [-0.4, -0.2) is 18.3 Å². The molecule has 1 aromatic carbocycles. The number of sulfonamides is 1. The lowest BCUT2D eigenvalue weighted by Gasteiger charge is -2.10. The molecular weight excluding hydrogens is 318 g/mol. The molecule has 1 heterocycles. The summed E-state index contributed by atoms with van der Waals surface area (Å²) in [7, 11) is -3.94. The summed E-state index contributed by atoms with van der Waals surface area (Å²) in [6, 6.07) is 7.70. The minimum absolute atomic E-state index is 0.203. The van der Waals surface area contributed by atoms with Crippen LogP contribution < -0.4 is 4.72 Å². The van der Waals surface area contributed by atoms with Crippen molar-refractivity contribution < 1.29 is 13.3 Å². The van der Waals surface area contributed by atoms with Gasteiger partial charge < -0.3 is 0 Å². The second-order valence-electron chi connectivity index (χ2n) is 4.13. The molecule has 2 rings (SSSR count). The van der Waals surface area contributed by atoms with Gasteiger partial charge in [0.2, 0.25) is 0 Å². The van der Waals surface area contributed by atoms with E-state index in [0.29, 0.717) is 5.69 Å². The Hall–Kier alpha value is -2.19. The van der Waals surface area contributed by atoms with Crippen LogP contribution >= 0.6 is 11.6 Å². The third-order valence-electron chi connectivity index (χ3n) is 2.63. The molecule has 0 saturated carbocycles. The molecular formula is C12H10ClN3O4S. The third-order valence-corrected chi connectivity index (χ3v) is 4.21. The van der Waals surface area contributed by atoms with Crippen LogP contribution in [0.15, 0.2) is 41.3 Å².